The topological polar surface area (TPSA) is 84.2 Å². The molecule has 2 N–H and O–H groups in total. The smallest absolute Gasteiger partial charge is 0.275 e. The molecule has 0 aliphatic rings. The van der Waals surface area contributed by atoms with Gasteiger partial charge in [-0.3, -0.25) is 20.4 Å². The van der Waals surface area contributed by atoms with E-state index in [4.69, 9.17) is 16.1 Å². The number of benzene rings is 2. The number of nitrogens with zero attached hydrogens (tertiary/aromatic N) is 1. The van der Waals surface area contributed by atoms with Crippen LogP contribution in [0.4, 0.5) is 0 Å². The van der Waals surface area contributed by atoms with E-state index in [1.807, 2.05) is 6.07 Å². The van der Waals surface area contributed by atoms with Crippen LogP contribution in [-0.2, 0) is 0 Å². The highest BCUT2D eigenvalue weighted by molar-refractivity contribution is 14.1. The molecule has 0 bridgehead atoms. The monoisotopic (exact) mass is 481 g/mol. The van der Waals surface area contributed by atoms with Gasteiger partial charge in [0.1, 0.15) is 17.0 Å². The van der Waals surface area contributed by atoms with Crippen LogP contribution in [0.3, 0.4) is 0 Å². The van der Waals surface area contributed by atoms with Crippen LogP contribution in [0.25, 0.3) is 11.3 Å². The van der Waals surface area contributed by atoms with Crippen LogP contribution in [0.5, 0.6) is 0 Å². The largest absolute Gasteiger partial charge is 0.360 e. The van der Waals surface area contributed by atoms with Crippen LogP contribution in [0.2, 0.25) is 5.02 Å². The number of hydrazine groups is 1. The van der Waals surface area contributed by atoms with E-state index in [2.05, 4.69) is 38.6 Å². The third-order valence-corrected chi connectivity index (χ3v) is 4.90. The standard InChI is InChI=1S/C18H13ClIN3O3/c1-10-15(16(23-26-10)11-6-2-4-8-13(11)19)18(25)22-21-17(24)12-7-3-5-9-14(12)20/h2-9H,1H3,(H,21,24)(H,22,25). The number of amides is 2. The molecule has 0 radical (unpaired) electrons. The first kappa shape index (κ1) is 18.4. The molecule has 0 aliphatic heterocycles. The average molecular weight is 482 g/mol. The minimum Gasteiger partial charge on any atom is -0.360 e. The number of aryl methyl sites for hydroxylation is 1. The molecule has 3 aromatic rings. The number of rotatable bonds is 3. The molecular formula is C18H13ClIN3O3. The molecule has 132 valence electrons. The van der Waals surface area contributed by atoms with Crippen molar-refractivity contribution in [1.82, 2.24) is 16.0 Å². The Morgan fingerprint density at radius 1 is 1.04 bits per heavy atom. The number of carbonyl (C=O) groups excluding carboxylic acids is 2. The molecule has 26 heavy (non-hydrogen) atoms. The van der Waals surface area contributed by atoms with Gasteiger partial charge in [-0.2, -0.15) is 0 Å². The van der Waals surface area contributed by atoms with E-state index in [0.717, 1.165) is 3.57 Å². The van der Waals surface area contributed by atoms with E-state index in [-0.39, 0.29) is 5.56 Å². The van der Waals surface area contributed by atoms with E-state index in [1.165, 1.54) is 0 Å². The summed E-state index contributed by atoms with van der Waals surface area (Å²) in [6, 6.07) is 14.0. The summed E-state index contributed by atoms with van der Waals surface area (Å²) in [5.41, 5.74) is 6.35. The third-order valence-electron chi connectivity index (χ3n) is 3.63. The lowest BCUT2D eigenvalue weighted by Gasteiger charge is -2.09. The van der Waals surface area contributed by atoms with Gasteiger partial charge in [-0.1, -0.05) is 47.1 Å². The van der Waals surface area contributed by atoms with Crippen LogP contribution >= 0.6 is 34.2 Å². The molecular weight excluding hydrogens is 469 g/mol. The van der Waals surface area contributed by atoms with Crippen molar-refractivity contribution in [2.75, 3.05) is 0 Å². The van der Waals surface area contributed by atoms with Gasteiger partial charge in [0.15, 0.2) is 0 Å². The predicted molar refractivity (Wildman–Crippen MR) is 106 cm³/mol. The summed E-state index contributed by atoms with van der Waals surface area (Å²) < 4.78 is 5.93. The van der Waals surface area contributed by atoms with Gasteiger partial charge in [-0.05, 0) is 47.7 Å². The molecule has 0 saturated carbocycles. The molecule has 0 fully saturated rings. The maximum absolute atomic E-state index is 12.6. The molecule has 8 heteroatoms. The maximum atomic E-state index is 12.6. The Labute approximate surface area is 168 Å². The van der Waals surface area contributed by atoms with Gasteiger partial charge in [-0.25, -0.2) is 0 Å². The number of aromatic nitrogens is 1. The lowest BCUT2D eigenvalue weighted by molar-refractivity contribution is 0.0845. The molecule has 2 aromatic carbocycles. The summed E-state index contributed by atoms with van der Waals surface area (Å²) in [5, 5.41) is 4.38. The fourth-order valence-corrected chi connectivity index (χ4v) is 3.22. The summed E-state index contributed by atoms with van der Waals surface area (Å²) in [6.45, 7) is 1.62. The minimum absolute atomic E-state index is 0.209. The minimum atomic E-state index is -0.544. The number of carbonyl (C=O) groups is 2. The zero-order valence-corrected chi connectivity index (χ0v) is 16.5. The maximum Gasteiger partial charge on any atom is 0.275 e. The molecule has 0 aliphatic carbocycles. The van der Waals surface area contributed by atoms with Crippen molar-refractivity contribution in [3.63, 3.8) is 0 Å². The number of halogens is 2. The molecule has 1 aromatic heterocycles. The van der Waals surface area contributed by atoms with Crippen LogP contribution in [0.15, 0.2) is 53.1 Å². The van der Waals surface area contributed by atoms with Gasteiger partial charge in [-0.15, -0.1) is 0 Å². The second-order valence-electron chi connectivity index (χ2n) is 5.33. The molecule has 6 nitrogen and oxygen atoms in total. The predicted octanol–water partition coefficient (Wildman–Crippen LogP) is 3.98. The van der Waals surface area contributed by atoms with Crippen LogP contribution in [0, 0.1) is 10.5 Å². The van der Waals surface area contributed by atoms with Crippen molar-refractivity contribution in [3.05, 3.63) is 74.0 Å². The van der Waals surface area contributed by atoms with Crippen LogP contribution in [-0.4, -0.2) is 17.0 Å². The van der Waals surface area contributed by atoms with E-state index >= 15 is 0 Å². The number of hydrogen-bond acceptors (Lipinski definition) is 4. The second-order valence-corrected chi connectivity index (χ2v) is 6.90. The normalized spacial score (nSPS) is 10.4. The van der Waals surface area contributed by atoms with Gasteiger partial charge in [0, 0.05) is 9.13 Å². The van der Waals surface area contributed by atoms with Crippen molar-refractivity contribution in [1.29, 1.82) is 0 Å². The highest BCUT2D eigenvalue weighted by Gasteiger charge is 2.23. The molecule has 3 rings (SSSR count). The Kier molecular flexibility index (Phi) is 5.58. The average Bonchev–Trinajstić information content (AvgIpc) is 3.01. The Morgan fingerprint density at radius 2 is 1.69 bits per heavy atom. The van der Waals surface area contributed by atoms with Gasteiger partial charge in [0.05, 0.1) is 10.6 Å². The Balaban J connectivity index is 1.81. The van der Waals surface area contributed by atoms with E-state index in [0.29, 0.717) is 27.6 Å². The van der Waals surface area contributed by atoms with Crippen LogP contribution < -0.4 is 10.9 Å². The van der Waals surface area contributed by atoms with E-state index in [1.54, 1.807) is 49.4 Å². The van der Waals surface area contributed by atoms with Crippen molar-refractivity contribution in [2.45, 2.75) is 6.92 Å². The number of hydrogen-bond donors (Lipinski definition) is 2. The summed E-state index contributed by atoms with van der Waals surface area (Å²) >= 11 is 8.24. The third kappa shape index (κ3) is 3.73. The highest BCUT2D eigenvalue weighted by atomic mass is 127. The Bertz CT molecular complexity index is 987. The SMILES string of the molecule is Cc1onc(-c2ccccc2Cl)c1C(=O)NNC(=O)c1ccccc1I. The molecule has 2 amide bonds. The quantitative estimate of drug-likeness (QED) is 0.438. The summed E-state index contributed by atoms with van der Waals surface area (Å²) in [6.07, 6.45) is 0. The molecule has 0 atom stereocenters. The first-order valence-electron chi connectivity index (χ1n) is 7.55. The lowest BCUT2D eigenvalue weighted by atomic mass is 10.1. The van der Waals surface area contributed by atoms with Crippen molar-refractivity contribution >= 4 is 46.0 Å². The number of nitrogens with one attached hydrogen (secondary N) is 2. The summed E-state index contributed by atoms with van der Waals surface area (Å²) in [7, 11) is 0. The zero-order chi connectivity index (χ0) is 18.7. The molecule has 0 saturated heterocycles. The lowest BCUT2D eigenvalue weighted by Crippen LogP contribution is -2.42. The fraction of sp³-hybridized carbons (Fsp3) is 0.0556. The van der Waals surface area contributed by atoms with E-state index < -0.39 is 11.8 Å². The Hall–Kier alpha value is -2.39. The van der Waals surface area contributed by atoms with Gasteiger partial charge >= 0.3 is 0 Å². The zero-order valence-electron chi connectivity index (χ0n) is 13.5. The van der Waals surface area contributed by atoms with E-state index in [9.17, 15) is 9.59 Å². The van der Waals surface area contributed by atoms with Crippen molar-refractivity contribution < 1.29 is 14.1 Å². The van der Waals surface area contributed by atoms with Crippen molar-refractivity contribution in [3.8, 4) is 11.3 Å². The summed E-state index contributed by atoms with van der Waals surface area (Å²) in [5.74, 6) is -0.643. The Morgan fingerprint density at radius 3 is 2.42 bits per heavy atom. The molecule has 1 heterocycles. The fourth-order valence-electron chi connectivity index (χ4n) is 2.37. The van der Waals surface area contributed by atoms with Gasteiger partial charge in [0.25, 0.3) is 11.8 Å². The van der Waals surface area contributed by atoms with Crippen LogP contribution in [0.1, 0.15) is 26.5 Å². The van der Waals surface area contributed by atoms with Crippen molar-refractivity contribution in [2.24, 2.45) is 0 Å². The first-order valence-corrected chi connectivity index (χ1v) is 9.01. The molecule has 0 spiro atoms. The molecule has 0 unspecified atom stereocenters. The second kappa shape index (κ2) is 7.88. The highest BCUT2D eigenvalue weighted by Crippen LogP contribution is 2.30. The van der Waals surface area contributed by atoms with Gasteiger partial charge < -0.3 is 4.52 Å². The van der Waals surface area contributed by atoms with Gasteiger partial charge in [0.2, 0.25) is 0 Å². The first-order chi connectivity index (χ1) is 12.5. The summed E-state index contributed by atoms with van der Waals surface area (Å²) in [4.78, 5) is 24.8.